The highest BCUT2D eigenvalue weighted by Crippen LogP contribution is 2.18. The van der Waals surface area contributed by atoms with Gasteiger partial charge in [-0.3, -0.25) is 4.99 Å². The van der Waals surface area contributed by atoms with E-state index in [-0.39, 0.29) is 35.8 Å². The Hall–Kier alpha value is -0.890. The molecule has 0 saturated carbocycles. The van der Waals surface area contributed by atoms with E-state index in [0.29, 0.717) is 6.54 Å². The molecule has 1 aromatic carbocycles. The lowest BCUT2D eigenvalue weighted by molar-refractivity contribution is 0.297. The molecule has 4 nitrogen and oxygen atoms in total. The maximum Gasteiger partial charge on any atom is 0.191 e. The van der Waals surface area contributed by atoms with E-state index in [1.54, 1.807) is 19.2 Å². The summed E-state index contributed by atoms with van der Waals surface area (Å²) in [5.41, 5.74) is 0.952. The number of hydrogen-bond acceptors (Lipinski definition) is 2. The van der Waals surface area contributed by atoms with Gasteiger partial charge in [0.05, 0.1) is 6.04 Å². The van der Waals surface area contributed by atoms with Gasteiger partial charge in [0, 0.05) is 20.1 Å². The maximum atomic E-state index is 13.3. The summed E-state index contributed by atoms with van der Waals surface area (Å²) in [6.07, 6.45) is 1.04. The summed E-state index contributed by atoms with van der Waals surface area (Å²) in [7, 11) is 5.72. The fourth-order valence-electron chi connectivity index (χ4n) is 1.97. The van der Waals surface area contributed by atoms with Gasteiger partial charge < -0.3 is 15.5 Å². The van der Waals surface area contributed by atoms with Crippen LogP contribution in [-0.4, -0.2) is 45.1 Å². The van der Waals surface area contributed by atoms with E-state index < -0.39 is 0 Å². The molecule has 120 valence electrons. The standard InChI is InChI=1S/C15H25FN4.HI/c1-5-9-18-15(17-2)19-11-14(20(3)4)12-7-6-8-13(16)10-12;/h6-8,10,14H,5,9,11H2,1-4H3,(H2,17,18,19);1H. The highest BCUT2D eigenvalue weighted by Gasteiger charge is 2.15. The minimum Gasteiger partial charge on any atom is -0.356 e. The molecule has 2 N–H and O–H groups in total. The highest BCUT2D eigenvalue weighted by molar-refractivity contribution is 14.0. The van der Waals surface area contributed by atoms with Crippen LogP contribution < -0.4 is 10.6 Å². The normalized spacial score (nSPS) is 12.8. The van der Waals surface area contributed by atoms with Crippen molar-refractivity contribution in [1.29, 1.82) is 0 Å². The van der Waals surface area contributed by atoms with Crippen LogP contribution in [0.5, 0.6) is 0 Å². The molecular weight excluding hydrogens is 382 g/mol. The lowest BCUT2D eigenvalue weighted by atomic mass is 10.1. The second-order valence-corrected chi connectivity index (χ2v) is 4.91. The minimum atomic E-state index is -0.206. The van der Waals surface area contributed by atoms with Crippen LogP contribution in [0.15, 0.2) is 29.3 Å². The van der Waals surface area contributed by atoms with E-state index in [1.165, 1.54) is 6.07 Å². The third-order valence-corrected chi connectivity index (χ3v) is 3.09. The Morgan fingerprint density at radius 3 is 2.57 bits per heavy atom. The summed E-state index contributed by atoms with van der Waals surface area (Å²) in [6.45, 7) is 3.65. The highest BCUT2D eigenvalue weighted by atomic mass is 127. The predicted molar refractivity (Wildman–Crippen MR) is 97.9 cm³/mol. The smallest absolute Gasteiger partial charge is 0.191 e. The summed E-state index contributed by atoms with van der Waals surface area (Å²) in [6, 6.07) is 6.81. The van der Waals surface area contributed by atoms with Gasteiger partial charge in [-0.1, -0.05) is 19.1 Å². The number of benzene rings is 1. The van der Waals surface area contributed by atoms with E-state index in [9.17, 15) is 4.39 Å². The molecule has 1 aromatic rings. The number of guanidine groups is 1. The molecule has 1 atom stereocenters. The molecule has 0 heterocycles. The largest absolute Gasteiger partial charge is 0.356 e. The summed E-state index contributed by atoms with van der Waals surface area (Å²) in [5, 5.41) is 6.50. The molecule has 0 spiro atoms. The van der Waals surface area contributed by atoms with Crippen molar-refractivity contribution in [3.8, 4) is 0 Å². The number of nitrogens with zero attached hydrogens (tertiary/aromatic N) is 2. The minimum absolute atomic E-state index is 0. The van der Waals surface area contributed by atoms with Gasteiger partial charge in [0.1, 0.15) is 5.82 Å². The van der Waals surface area contributed by atoms with Gasteiger partial charge in [0.2, 0.25) is 0 Å². The Bertz CT molecular complexity index is 437. The molecule has 0 saturated heterocycles. The monoisotopic (exact) mass is 408 g/mol. The van der Waals surface area contributed by atoms with E-state index in [4.69, 9.17) is 0 Å². The zero-order chi connectivity index (χ0) is 15.0. The zero-order valence-corrected chi connectivity index (χ0v) is 15.5. The molecule has 1 unspecified atom stereocenters. The van der Waals surface area contributed by atoms with Crippen LogP contribution in [0.25, 0.3) is 0 Å². The third-order valence-electron chi connectivity index (χ3n) is 3.09. The number of rotatable bonds is 6. The van der Waals surface area contributed by atoms with Crippen molar-refractivity contribution in [2.75, 3.05) is 34.2 Å². The molecule has 0 amide bonds. The molecule has 0 aromatic heterocycles. The van der Waals surface area contributed by atoms with Gasteiger partial charge in [0.15, 0.2) is 5.96 Å². The van der Waals surface area contributed by atoms with Gasteiger partial charge in [-0.25, -0.2) is 4.39 Å². The molecule has 0 radical (unpaired) electrons. The Labute approximate surface area is 144 Å². The molecular formula is C15H26FIN4. The van der Waals surface area contributed by atoms with E-state index in [2.05, 4.69) is 27.4 Å². The number of hydrogen-bond donors (Lipinski definition) is 2. The van der Waals surface area contributed by atoms with Crippen molar-refractivity contribution in [3.63, 3.8) is 0 Å². The van der Waals surface area contributed by atoms with E-state index in [1.807, 2.05) is 20.2 Å². The lowest BCUT2D eigenvalue weighted by Gasteiger charge is -2.26. The molecule has 0 aliphatic rings. The van der Waals surface area contributed by atoms with Crippen LogP contribution >= 0.6 is 24.0 Å². The van der Waals surface area contributed by atoms with Crippen LogP contribution in [0.1, 0.15) is 24.9 Å². The Morgan fingerprint density at radius 1 is 1.33 bits per heavy atom. The first kappa shape index (κ1) is 20.1. The van der Waals surface area contributed by atoms with Crippen molar-refractivity contribution in [2.45, 2.75) is 19.4 Å². The van der Waals surface area contributed by atoms with Gasteiger partial charge in [0.25, 0.3) is 0 Å². The predicted octanol–water partition coefficient (Wildman–Crippen LogP) is 2.62. The summed E-state index contributed by atoms with van der Waals surface area (Å²) in [4.78, 5) is 6.23. The summed E-state index contributed by atoms with van der Waals surface area (Å²) < 4.78 is 13.3. The quantitative estimate of drug-likeness (QED) is 0.432. The molecule has 0 aliphatic carbocycles. The second-order valence-electron chi connectivity index (χ2n) is 4.91. The number of nitrogens with one attached hydrogen (secondary N) is 2. The van der Waals surface area contributed by atoms with Crippen LogP contribution in [0.3, 0.4) is 0 Å². The first-order chi connectivity index (χ1) is 9.58. The Balaban J connectivity index is 0.00000400. The van der Waals surface area contributed by atoms with Crippen LogP contribution in [0, 0.1) is 5.82 Å². The van der Waals surface area contributed by atoms with E-state index >= 15 is 0 Å². The average Bonchev–Trinajstić information content (AvgIpc) is 2.42. The van der Waals surface area contributed by atoms with Crippen LogP contribution in [0.4, 0.5) is 4.39 Å². The van der Waals surface area contributed by atoms with E-state index in [0.717, 1.165) is 24.5 Å². The third kappa shape index (κ3) is 7.08. The van der Waals surface area contributed by atoms with Crippen molar-refractivity contribution in [1.82, 2.24) is 15.5 Å². The van der Waals surface area contributed by atoms with Crippen molar-refractivity contribution >= 4 is 29.9 Å². The fourth-order valence-corrected chi connectivity index (χ4v) is 1.97. The van der Waals surface area contributed by atoms with Crippen molar-refractivity contribution < 1.29 is 4.39 Å². The average molecular weight is 408 g/mol. The summed E-state index contributed by atoms with van der Waals surface area (Å²) >= 11 is 0. The Morgan fingerprint density at radius 2 is 2.05 bits per heavy atom. The molecule has 21 heavy (non-hydrogen) atoms. The SMILES string of the molecule is CCCNC(=NC)NCC(c1cccc(F)c1)N(C)C.I. The zero-order valence-electron chi connectivity index (χ0n) is 13.2. The van der Waals surface area contributed by atoms with Crippen molar-refractivity contribution in [2.24, 2.45) is 4.99 Å². The summed E-state index contributed by atoms with van der Waals surface area (Å²) in [5.74, 6) is 0.568. The molecule has 6 heteroatoms. The van der Waals surface area contributed by atoms with Gasteiger partial charge in [-0.15, -0.1) is 24.0 Å². The lowest BCUT2D eigenvalue weighted by Crippen LogP contribution is -2.42. The molecule has 0 fully saturated rings. The van der Waals surface area contributed by atoms with Crippen LogP contribution in [-0.2, 0) is 0 Å². The molecule has 0 aliphatic heterocycles. The first-order valence-electron chi connectivity index (χ1n) is 6.94. The molecule has 1 rings (SSSR count). The number of aliphatic imine (C=N–C) groups is 1. The second kappa shape index (κ2) is 10.8. The molecule has 0 bridgehead atoms. The number of halogens is 2. The fraction of sp³-hybridized carbons (Fsp3) is 0.533. The van der Waals surface area contributed by atoms with Gasteiger partial charge in [-0.2, -0.15) is 0 Å². The van der Waals surface area contributed by atoms with Gasteiger partial charge >= 0.3 is 0 Å². The van der Waals surface area contributed by atoms with Crippen molar-refractivity contribution in [3.05, 3.63) is 35.6 Å². The maximum absolute atomic E-state index is 13.3. The first-order valence-corrected chi connectivity index (χ1v) is 6.94. The Kier molecular flexibility index (Phi) is 10.3. The van der Waals surface area contributed by atoms with Gasteiger partial charge in [-0.05, 0) is 38.2 Å². The number of likely N-dealkylation sites (N-methyl/N-ethyl adjacent to an activating group) is 1. The topological polar surface area (TPSA) is 39.7 Å². The van der Waals surface area contributed by atoms with Crippen LogP contribution in [0.2, 0.25) is 0 Å².